The molecule has 1 rings (SSSR count). The molecule has 0 heterocycles. The van der Waals surface area contributed by atoms with Gasteiger partial charge in [0.05, 0.1) is 19.1 Å². The summed E-state index contributed by atoms with van der Waals surface area (Å²) in [6.07, 6.45) is 0.823. The van der Waals surface area contributed by atoms with Crippen LogP contribution >= 0.6 is 0 Å². The zero-order chi connectivity index (χ0) is 12.0. The lowest BCUT2D eigenvalue weighted by Gasteiger charge is -2.15. The molecule has 0 saturated heterocycles. The lowest BCUT2D eigenvalue weighted by molar-refractivity contribution is 0.383. The monoisotopic (exact) mass is 218 g/mol. The number of para-hydroxylation sites is 1. The van der Waals surface area contributed by atoms with Gasteiger partial charge in [-0.1, -0.05) is 18.2 Å². The molecule has 0 spiro atoms. The maximum absolute atomic E-state index is 9.19. The van der Waals surface area contributed by atoms with E-state index in [0.29, 0.717) is 0 Å². The molecule has 16 heavy (non-hydrogen) atoms. The lowest BCUT2D eigenvalue weighted by Crippen LogP contribution is -2.15. The first-order valence-electron chi connectivity index (χ1n) is 5.36. The van der Waals surface area contributed by atoms with Crippen LogP contribution in [0.3, 0.4) is 0 Å². The van der Waals surface area contributed by atoms with Gasteiger partial charge in [-0.2, -0.15) is 5.26 Å². The van der Waals surface area contributed by atoms with E-state index in [9.17, 15) is 5.26 Å². The summed E-state index contributed by atoms with van der Waals surface area (Å²) in [6, 6.07) is 10.1. The number of nitrogens with zero attached hydrogens (tertiary/aromatic N) is 2. The molecule has 3 nitrogen and oxygen atoms in total. The van der Waals surface area contributed by atoms with Crippen LogP contribution in [-0.4, -0.2) is 32.6 Å². The van der Waals surface area contributed by atoms with Crippen LogP contribution in [0.4, 0.5) is 0 Å². The van der Waals surface area contributed by atoms with Crippen molar-refractivity contribution in [1.82, 2.24) is 4.90 Å². The molecular formula is C13H18N2O. The number of methoxy groups -OCH3 is 1. The van der Waals surface area contributed by atoms with Crippen molar-refractivity contribution in [2.24, 2.45) is 0 Å². The van der Waals surface area contributed by atoms with E-state index in [1.54, 1.807) is 7.11 Å². The lowest BCUT2D eigenvalue weighted by atomic mass is 9.96. The molecule has 1 unspecified atom stereocenters. The van der Waals surface area contributed by atoms with Gasteiger partial charge < -0.3 is 9.64 Å². The van der Waals surface area contributed by atoms with E-state index in [0.717, 1.165) is 24.3 Å². The van der Waals surface area contributed by atoms with Crippen LogP contribution in [0.2, 0.25) is 0 Å². The third-order valence-electron chi connectivity index (χ3n) is 2.54. The van der Waals surface area contributed by atoms with Gasteiger partial charge in [0.1, 0.15) is 5.75 Å². The summed E-state index contributed by atoms with van der Waals surface area (Å²) in [4.78, 5) is 2.08. The minimum atomic E-state index is -0.0986. The molecule has 0 aliphatic rings. The summed E-state index contributed by atoms with van der Waals surface area (Å²) in [6.45, 7) is 0.899. The van der Waals surface area contributed by atoms with Gasteiger partial charge in [0.15, 0.2) is 0 Å². The molecule has 0 bridgehead atoms. The molecular weight excluding hydrogens is 200 g/mol. The number of hydrogen-bond donors (Lipinski definition) is 0. The summed E-state index contributed by atoms with van der Waals surface area (Å²) < 4.78 is 5.27. The normalized spacial score (nSPS) is 12.2. The smallest absolute Gasteiger partial charge is 0.123 e. The van der Waals surface area contributed by atoms with E-state index in [2.05, 4.69) is 11.0 Å². The van der Waals surface area contributed by atoms with E-state index < -0.39 is 0 Å². The maximum atomic E-state index is 9.19. The first kappa shape index (κ1) is 12.5. The first-order valence-corrected chi connectivity index (χ1v) is 5.36. The molecule has 0 aromatic heterocycles. The van der Waals surface area contributed by atoms with Gasteiger partial charge in [-0.25, -0.2) is 0 Å². The Balaban J connectivity index is 2.83. The van der Waals surface area contributed by atoms with Crippen LogP contribution in [0, 0.1) is 11.3 Å². The van der Waals surface area contributed by atoms with Crippen LogP contribution in [0.25, 0.3) is 0 Å². The molecule has 0 amide bonds. The van der Waals surface area contributed by atoms with Gasteiger partial charge in [-0.15, -0.1) is 0 Å². The molecule has 0 aliphatic heterocycles. The van der Waals surface area contributed by atoms with Crippen LogP contribution in [-0.2, 0) is 0 Å². The average Bonchev–Trinajstić information content (AvgIpc) is 2.30. The minimum absolute atomic E-state index is 0.0986. The Bertz CT molecular complexity index is 368. The maximum Gasteiger partial charge on any atom is 0.123 e. The highest BCUT2D eigenvalue weighted by molar-refractivity contribution is 5.38. The van der Waals surface area contributed by atoms with Crippen molar-refractivity contribution in [3.05, 3.63) is 29.8 Å². The Hall–Kier alpha value is -1.53. The van der Waals surface area contributed by atoms with Crippen LogP contribution < -0.4 is 4.74 Å². The van der Waals surface area contributed by atoms with E-state index >= 15 is 0 Å². The Morgan fingerprint density at radius 3 is 2.62 bits per heavy atom. The minimum Gasteiger partial charge on any atom is -0.496 e. The van der Waals surface area contributed by atoms with Gasteiger partial charge in [-0.05, 0) is 33.1 Å². The quantitative estimate of drug-likeness (QED) is 0.760. The average molecular weight is 218 g/mol. The standard InChI is InChI=1S/C13H18N2O/c1-15(2)9-8-11(10-14)12-6-4-5-7-13(12)16-3/h4-7,11H,8-9H2,1-3H3. The zero-order valence-electron chi connectivity index (χ0n) is 10.1. The number of benzene rings is 1. The Morgan fingerprint density at radius 2 is 2.06 bits per heavy atom. The van der Waals surface area contributed by atoms with Crippen molar-refractivity contribution in [2.45, 2.75) is 12.3 Å². The Labute approximate surface area is 97.3 Å². The van der Waals surface area contributed by atoms with E-state index in [-0.39, 0.29) is 5.92 Å². The summed E-state index contributed by atoms with van der Waals surface area (Å²) in [5.74, 6) is 0.700. The summed E-state index contributed by atoms with van der Waals surface area (Å²) >= 11 is 0. The highest BCUT2D eigenvalue weighted by Gasteiger charge is 2.14. The Morgan fingerprint density at radius 1 is 1.38 bits per heavy atom. The predicted octanol–water partition coefficient (Wildman–Crippen LogP) is 2.25. The third-order valence-corrected chi connectivity index (χ3v) is 2.54. The van der Waals surface area contributed by atoms with Crippen LogP contribution in [0.15, 0.2) is 24.3 Å². The molecule has 1 aromatic carbocycles. The molecule has 1 aromatic rings. The third kappa shape index (κ3) is 3.25. The first-order chi connectivity index (χ1) is 7.69. The highest BCUT2D eigenvalue weighted by Crippen LogP contribution is 2.28. The fourth-order valence-corrected chi connectivity index (χ4v) is 1.63. The number of hydrogen-bond acceptors (Lipinski definition) is 3. The predicted molar refractivity (Wildman–Crippen MR) is 64.5 cm³/mol. The number of ether oxygens (including phenoxy) is 1. The molecule has 0 N–H and O–H groups in total. The van der Waals surface area contributed by atoms with Gasteiger partial charge in [-0.3, -0.25) is 0 Å². The number of nitriles is 1. The van der Waals surface area contributed by atoms with Crippen molar-refractivity contribution in [3.8, 4) is 11.8 Å². The highest BCUT2D eigenvalue weighted by atomic mass is 16.5. The van der Waals surface area contributed by atoms with Gasteiger partial charge >= 0.3 is 0 Å². The fraction of sp³-hybridized carbons (Fsp3) is 0.462. The van der Waals surface area contributed by atoms with Crippen LogP contribution in [0.1, 0.15) is 17.9 Å². The molecule has 86 valence electrons. The molecule has 0 radical (unpaired) electrons. The van der Waals surface area contributed by atoms with E-state index in [1.807, 2.05) is 38.4 Å². The van der Waals surface area contributed by atoms with Crippen molar-refractivity contribution < 1.29 is 4.74 Å². The largest absolute Gasteiger partial charge is 0.496 e. The van der Waals surface area contributed by atoms with E-state index in [4.69, 9.17) is 4.74 Å². The molecule has 0 saturated carbocycles. The van der Waals surface area contributed by atoms with E-state index in [1.165, 1.54) is 0 Å². The fourth-order valence-electron chi connectivity index (χ4n) is 1.63. The molecule has 0 fully saturated rings. The summed E-state index contributed by atoms with van der Waals surface area (Å²) in [7, 11) is 5.66. The van der Waals surface area contributed by atoms with Crippen molar-refractivity contribution in [2.75, 3.05) is 27.7 Å². The van der Waals surface area contributed by atoms with Gasteiger partial charge in [0.2, 0.25) is 0 Å². The second-order valence-corrected chi connectivity index (χ2v) is 4.02. The molecule has 0 aliphatic carbocycles. The number of rotatable bonds is 5. The summed E-state index contributed by atoms with van der Waals surface area (Å²) in [5, 5.41) is 9.19. The van der Waals surface area contributed by atoms with Gasteiger partial charge in [0, 0.05) is 5.56 Å². The SMILES string of the molecule is COc1ccccc1C(C#N)CCN(C)C. The molecule has 3 heteroatoms. The second kappa shape index (κ2) is 6.14. The molecule has 1 atom stereocenters. The summed E-state index contributed by atoms with van der Waals surface area (Å²) in [5.41, 5.74) is 0.981. The van der Waals surface area contributed by atoms with Gasteiger partial charge in [0.25, 0.3) is 0 Å². The van der Waals surface area contributed by atoms with Crippen molar-refractivity contribution in [3.63, 3.8) is 0 Å². The van der Waals surface area contributed by atoms with Crippen molar-refractivity contribution in [1.29, 1.82) is 5.26 Å². The van der Waals surface area contributed by atoms with Crippen LogP contribution in [0.5, 0.6) is 5.75 Å². The Kier molecular flexibility index (Phi) is 4.81. The second-order valence-electron chi connectivity index (χ2n) is 4.02. The zero-order valence-corrected chi connectivity index (χ0v) is 10.1. The van der Waals surface area contributed by atoms with Crippen molar-refractivity contribution >= 4 is 0 Å². The topological polar surface area (TPSA) is 36.3 Å².